The van der Waals surface area contributed by atoms with Crippen molar-refractivity contribution in [3.05, 3.63) is 77.0 Å². The molecule has 0 spiro atoms. The molecule has 0 radical (unpaired) electrons. The summed E-state index contributed by atoms with van der Waals surface area (Å²) in [7, 11) is 0. The Labute approximate surface area is 169 Å². The number of carboxylic acids is 1. The third kappa shape index (κ3) is 4.54. The molecular formula is C23H24N2O4. The van der Waals surface area contributed by atoms with Crippen LogP contribution in [-0.2, 0) is 14.4 Å². The van der Waals surface area contributed by atoms with Crippen LogP contribution in [0.3, 0.4) is 0 Å². The molecule has 3 rings (SSSR count). The molecule has 2 aromatic carbocycles. The molecular weight excluding hydrogens is 368 g/mol. The summed E-state index contributed by atoms with van der Waals surface area (Å²) in [5.74, 6) is -1.40. The van der Waals surface area contributed by atoms with Crippen LogP contribution in [0.2, 0.25) is 0 Å². The number of carbonyl (C=O) groups is 3. The van der Waals surface area contributed by atoms with E-state index in [1.54, 1.807) is 4.90 Å². The van der Waals surface area contributed by atoms with E-state index in [-0.39, 0.29) is 30.4 Å². The Bertz CT molecular complexity index is 949. The number of nitrogens with one attached hydrogen (secondary N) is 1. The average molecular weight is 392 g/mol. The number of carbonyl (C=O) groups excluding carboxylic acids is 2. The molecule has 6 nitrogen and oxygen atoms in total. The molecule has 29 heavy (non-hydrogen) atoms. The van der Waals surface area contributed by atoms with Crippen molar-refractivity contribution in [3.8, 4) is 0 Å². The molecule has 0 saturated carbocycles. The van der Waals surface area contributed by atoms with Crippen LogP contribution >= 0.6 is 0 Å². The Balaban J connectivity index is 2.01. The zero-order valence-corrected chi connectivity index (χ0v) is 16.5. The predicted octanol–water partition coefficient (Wildman–Crippen LogP) is 3.70. The molecule has 1 atom stereocenters. The van der Waals surface area contributed by atoms with Crippen LogP contribution in [0.1, 0.15) is 36.9 Å². The molecule has 0 aromatic heterocycles. The lowest BCUT2D eigenvalue weighted by molar-refractivity contribution is -0.137. The van der Waals surface area contributed by atoms with Gasteiger partial charge in [-0.25, -0.2) is 0 Å². The molecule has 0 fully saturated rings. The number of hydrogen-bond donors (Lipinski definition) is 2. The molecule has 1 amide bonds. The van der Waals surface area contributed by atoms with Crippen LogP contribution in [0.25, 0.3) is 0 Å². The summed E-state index contributed by atoms with van der Waals surface area (Å²) in [6.45, 7) is 3.68. The van der Waals surface area contributed by atoms with Crippen molar-refractivity contribution >= 4 is 23.3 Å². The van der Waals surface area contributed by atoms with Crippen molar-refractivity contribution in [1.82, 2.24) is 4.90 Å². The zero-order chi connectivity index (χ0) is 21.0. The number of rotatable bonds is 8. The molecule has 2 aromatic rings. The van der Waals surface area contributed by atoms with Crippen LogP contribution in [0.15, 0.2) is 65.9 Å². The van der Waals surface area contributed by atoms with Gasteiger partial charge in [0.1, 0.15) is 5.70 Å². The smallest absolute Gasteiger partial charge is 0.303 e. The number of Topliss-reactive ketones (excluding diaryl/α,β-unsaturated/α-hetero) is 1. The molecule has 1 heterocycles. The van der Waals surface area contributed by atoms with E-state index in [0.717, 1.165) is 16.8 Å². The highest BCUT2D eigenvalue weighted by molar-refractivity contribution is 6.11. The second-order valence-corrected chi connectivity index (χ2v) is 7.14. The molecule has 0 bridgehead atoms. The third-order valence-electron chi connectivity index (χ3n) is 4.93. The maximum atomic E-state index is 13.3. The fraction of sp³-hybridized carbons (Fsp3) is 0.261. The first-order chi connectivity index (χ1) is 13.9. The number of nitrogens with zero attached hydrogens (tertiary/aromatic N) is 1. The maximum absolute atomic E-state index is 13.3. The second-order valence-electron chi connectivity index (χ2n) is 7.14. The van der Waals surface area contributed by atoms with Crippen LogP contribution in [0.4, 0.5) is 5.69 Å². The van der Waals surface area contributed by atoms with Gasteiger partial charge in [0.2, 0.25) is 0 Å². The summed E-state index contributed by atoms with van der Waals surface area (Å²) in [6.07, 6.45) is 0.273. The van der Waals surface area contributed by atoms with Crippen LogP contribution in [0, 0.1) is 6.92 Å². The Morgan fingerprint density at radius 2 is 1.72 bits per heavy atom. The Morgan fingerprint density at radius 1 is 1.07 bits per heavy atom. The summed E-state index contributed by atoms with van der Waals surface area (Å²) in [5.41, 5.74) is 3.29. The van der Waals surface area contributed by atoms with Crippen molar-refractivity contribution in [2.24, 2.45) is 0 Å². The SMILES string of the molecule is CC(=O)C1=C(Nc2ccc(C)cc2)C(=O)N(CCCC(=O)O)[C@@H]1c1ccccc1. The highest BCUT2D eigenvalue weighted by Crippen LogP contribution is 2.39. The summed E-state index contributed by atoms with van der Waals surface area (Å²) >= 11 is 0. The van der Waals surface area contributed by atoms with Gasteiger partial charge in [-0.3, -0.25) is 14.4 Å². The van der Waals surface area contributed by atoms with Crippen molar-refractivity contribution in [2.45, 2.75) is 32.7 Å². The van der Waals surface area contributed by atoms with E-state index >= 15 is 0 Å². The molecule has 0 saturated heterocycles. The topological polar surface area (TPSA) is 86.7 Å². The average Bonchev–Trinajstić information content (AvgIpc) is 2.96. The van der Waals surface area contributed by atoms with Gasteiger partial charge in [0.05, 0.1) is 11.6 Å². The lowest BCUT2D eigenvalue weighted by Gasteiger charge is -2.26. The van der Waals surface area contributed by atoms with E-state index in [1.165, 1.54) is 6.92 Å². The van der Waals surface area contributed by atoms with E-state index in [0.29, 0.717) is 12.0 Å². The van der Waals surface area contributed by atoms with Crippen molar-refractivity contribution in [2.75, 3.05) is 11.9 Å². The maximum Gasteiger partial charge on any atom is 0.303 e. The molecule has 150 valence electrons. The van der Waals surface area contributed by atoms with Gasteiger partial charge in [-0.2, -0.15) is 0 Å². The summed E-state index contributed by atoms with van der Waals surface area (Å²) in [6, 6.07) is 16.4. The number of hydrogen-bond acceptors (Lipinski definition) is 4. The number of aliphatic carboxylic acids is 1. The van der Waals surface area contributed by atoms with Crippen LogP contribution in [0.5, 0.6) is 0 Å². The van der Waals surface area contributed by atoms with Gasteiger partial charge in [-0.15, -0.1) is 0 Å². The molecule has 1 aliphatic rings. The zero-order valence-electron chi connectivity index (χ0n) is 16.5. The first kappa shape index (κ1) is 20.3. The van der Waals surface area contributed by atoms with Crippen LogP contribution < -0.4 is 5.32 Å². The Hall–Kier alpha value is -3.41. The molecule has 6 heteroatoms. The van der Waals surface area contributed by atoms with Gasteiger partial charge in [0, 0.05) is 18.7 Å². The van der Waals surface area contributed by atoms with E-state index in [4.69, 9.17) is 5.11 Å². The number of amides is 1. The van der Waals surface area contributed by atoms with E-state index in [2.05, 4.69) is 5.32 Å². The van der Waals surface area contributed by atoms with E-state index in [1.807, 2.05) is 61.5 Å². The van der Waals surface area contributed by atoms with E-state index < -0.39 is 12.0 Å². The lowest BCUT2D eigenvalue weighted by Crippen LogP contribution is -2.32. The lowest BCUT2D eigenvalue weighted by atomic mass is 9.96. The van der Waals surface area contributed by atoms with Crippen molar-refractivity contribution in [3.63, 3.8) is 0 Å². The first-order valence-corrected chi connectivity index (χ1v) is 9.55. The predicted molar refractivity (Wildman–Crippen MR) is 110 cm³/mol. The highest BCUT2D eigenvalue weighted by atomic mass is 16.4. The number of anilines is 1. The third-order valence-corrected chi connectivity index (χ3v) is 4.93. The van der Waals surface area contributed by atoms with Gasteiger partial charge < -0.3 is 15.3 Å². The quantitative estimate of drug-likeness (QED) is 0.715. The summed E-state index contributed by atoms with van der Waals surface area (Å²) in [4.78, 5) is 38.4. The fourth-order valence-electron chi connectivity index (χ4n) is 3.55. The number of aryl methyl sites for hydroxylation is 1. The molecule has 0 unspecified atom stereocenters. The first-order valence-electron chi connectivity index (χ1n) is 9.55. The van der Waals surface area contributed by atoms with Crippen molar-refractivity contribution in [1.29, 1.82) is 0 Å². The van der Waals surface area contributed by atoms with Crippen LogP contribution in [-0.4, -0.2) is 34.2 Å². The normalized spacial score (nSPS) is 16.3. The Morgan fingerprint density at radius 3 is 2.31 bits per heavy atom. The van der Waals surface area contributed by atoms with Gasteiger partial charge in [0.15, 0.2) is 5.78 Å². The standard InChI is InChI=1S/C23H24N2O4/c1-15-10-12-18(13-11-15)24-21-20(16(2)26)22(17-7-4-3-5-8-17)25(23(21)29)14-6-9-19(27)28/h3-5,7-8,10-13,22,24H,6,9,14H2,1-2H3,(H,27,28)/t22-/m1/s1. The van der Waals surface area contributed by atoms with Gasteiger partial charge >= 0.3 is 5.97 Å². The minimum atomic E-state index is -0.911. The van der Waals surface area contributed by atoms with E-state index in [9.17, 15) is 14.4 Å². The highest BCUT2D eigenvalue weighted by Gasteiger charge is 2.41. The summed E-state index contributed by atoms with van der Waals surface area (Å²) in [5, 5.41) is 12.1. The summed E-state index contributed by atoms with van der Waals surface area (Å²) < 4.78 is 0. The van der Waals surface area contributed by atoms with Gasteiger partial charge in [0.25, 0.3) is 5.91 Å². The number of carboxylic acid groups (broad SMARTS) is 1. The second kappa shape index (κ2) is 8.73. The minimum Gasteiger partial charge on any atom is -0.481 e. The van der Waals surface area contributed by atoms with Gasteiger partial charge in [-0.05, 0) is 38.0 Å². The molecule has 1 aliphatic heterocycles. The monoisotopic (exact) mass is 392 g/mol. The number of benzene rings is 2. The molecule has 0 aliphatic carbocycles. The fourth-order valence-corrected chi connectivity index (χ4v) is 3.55. The largest absolute Gasteiger partial charge is 0.481 e. The minimum absolute atomic E-state index is 0.0403. The van der Waals surface area contributed by atoms with Crippen molar-refractivity contribution < 1.29 is 19.5 Å². The molecule has 2 N–H and O–H groups in total. The Kier molecular flexibility index (Phi) is 6.12. The number of ketones is 1. The van der Waals surface area contributed by atoms with Gasteiger partial charge in [-0.1, -0.05) is 48.0 Å².